The van der Waals surface area contributed by atoms with Crippen molar-refractivity contribution in [3.8, 4) is 0 Å². The number of rotatable bonds is 4. The minimum atomic E-state index is -2.09. The molecule has 1 aromatic carbocycles. The van der Waals surface area contributed by atoms with E-state index >= 15 is 0 Å². The van der Waals surface area contributed by atoms with E-state index in [9.17, 15) is 19.2 Å². The van der Waals surface area contributed by atoms with E-state index in [0.29, 0.717) is 0 Å². The Morgan fingerprint density at radius 3 is 1.64 bits per heavy atom. The first-order chi connectivity index (χ1) is 15.8. The highest BCUT2D eigenvalue weighted by molar-refractivity contribution is 9.13. The zero-order valence-electron chi connectivity index (χ0n) is 17.8. The van der Waals surface area contributed by atoms with Crippen LogP contribution in [-0.2, 0) is 36.9 Å². The molecule has 4 aliphatic rings. The predicted octanol–water partition coefficient (Wildman–Crippen LogP) is 2.16. The molecule has 0 saturated carbocycles. The van der Waals surface area contributed by atoms with Crippen molar-refractivity contribution >= 4 is 55.9 Å². The second-order valence-corrected chi connectivity index (χ2v) is 9.58. The number of hydrogen-bond donors (Lipinski definition) is 0. The van der Waals surface area contributed by atoms with Crippen LogP contribution in [0.25, 0.3) is 0 Å². The summed E-state index contributed by atoms with van der Waals surface area (Å²) in [6.45, 7) is 2.57. The summed E-state index contributed by atoms with van der Waals surface area (Å²) in [5.74, 6) is -1.76. The Labute approximate surface area is 205 Å². The number of esters is 2. The van der Waals surface area contributed by atoms with Crippen LogP contribution in [0.1, 0.15) is 25.0 Å². The van der Waals surface area contributed by atoms with Crippen LogP contribution < -0.4 is 0 Å². The maximum absolute atomic E-state index is 13.8. The molecule has 0 aliphatic carbocycles. The lowest BCUT2D eigenvalue weighted by molar-refractivity contribution is -0.212. The molecule has 0 spiro atoms. The topological polar surface area (TPSA) is 109 Å². The molecule has 4 aliphatic heterocycles. The molecule has 4 heterocycles. The molecule has 0 atom stereocenters. The zero-order chi connectivity index (χ0) is 23.7. The summed E-state index contributed by atoms with van der Waals surface area (Å²) in [7, 11) is 0. The fraction of sp³-hybridized carbons (Fsp3) is 0.500. The highest BCUT2D eigenvalue weighted by Crippen LogP contribution is 2.56. The largest absolute Gasteiger partial charge is 0.463 e. The first-order valence-electron chi connectivity index (χ1n) is 10.3. The van der Waals surface area contributed by atoms with E-state index in [-0.39, 0.29) is 39.8 Å². The van der Waals surface area contributed by atoms with Gasteiger partial charge in [0.05, 0.1) is 26.3 Å². The van der Waals surface area contributed by atoms with Crippen LogP contribution in [0.15, 0.2) is 21.1 Å². The van der Waals surface area contributed by atoms with Crippen LogP contribution in [0.3, 0.4) is 0 Å². The molecule has 13 heteroatoms. The third kappa shape index (κ3) is 2.52. The first-order valence-corrected chi connectivity index (χ1v) is 11.9. The summed E-state index contributed by atoms with van der Waals surface area (Å²) in [5.41, 5.74) is -2.74. The zero-order valence-corrected chi connectivity index (χ0v) is 21.0. The lowest BCUT2D eigenvalue weighted by atomic mass is 9.90. The summed E-state index contributed by atoms with van der Waals surface area (Å²) in [5, 5.41) is 0. The Morgan fingerprint density at radius 1 is 0.848 bits per heavy atom. The minimum Gasteiger partial charge on any atom is -0.463 e. The van der Waals surface area contributed by atoms with Crippen molar-refractivity contribution in [1.82, 2.24) is 19.6 Å². The lowest BCUT2D eigenvalue weighted by Crippen LogP contribution is -2.77. The molecule has 5 rings (SSSR count). The van der Waals surface area contributed by atoms with Gasteiger partial charge in [0.1, 0.15) is 13.5 Å². The number of amides is 4. The van der Waals surface area contributed by atoms with Crippen LogP contribution >= 0.6 is 31.9 Å². The number of hydrogen-bond acceptors (Lipinski definition) is 7. The van der Waals surface area contributed by atoms with Crippen molar-refractivity contribution < 1.29 is 33.4 Å². The second-order valence-electron chi connectivity index (χ2n) is 7.88. The Kier molecular flexibility index (Phi) is 5.14. The fourth-order valence-corrected chi connectivity index (χ4v) is 6.01. The fourth-order valence-electron chi connectivity index (χ4n) is 5.23. The molecule has 0 unspecified atom stereocenters. The van der Waals surface area contributed by atoms with E-state index in [1.807, 2.05) is 12.1 Å². The van der Waals surface area contributed by atoms with Gasteiger partial charge in [0.25, 0.3) is 11.3 Å². The number of carbonyl (C=O) groups is 4. The van der Waals surface area contributed by atoms with Gasteiger partial charge in [-0.1, -0.05) is 0 Å². The van der Waals surface area contributed by atoms with Gasteiger partial charge in [-0.2, -0.15) is 0 Å². The molecule has 0 bridgehead atoms. The van der Waals surface area contributed by atoms with E-state index in [0.717, 1.165) is 29.9 Å². The average Bonchev–Trinajstić information content (AvgIpc) is 3.07. The van der Waals surface area contributed by atoms with Crippen molar-refractivity contribution in [2.75, 3.05) is 26.7 Å². The molecule has 176 valence electrons. The Hall–Kier alpha value is -2.38. The van der Waals surface area contributed by atoms with Crippen molar-refractivity contribution in [3.63, 3.8) is 0 Å². The van der Waals surface area contributed by atoms with Gasteiger partial charge in [-0.05, 0) is 69.0 Å². The number of ether oxygens (including phenoxy) is 3. The Bertz CT molecular complexity index is 1040. The summed E-state index contributed by atoms with van der Waals surface area (Å²) in [4.78, 5) is 59.6. The number of benzene rings is 1. The standard InChI is InChI=1S/C20H20Br2N4O7/c1-3-32-15(27)19-20(16(28)33-4-2)25-9-31-10-26(20)18(30)24(19)8-12-6-14(22)13(21)5-11(12)7-23(19)17(25)29/h5-6H,3-4,7-10H2,1-2H3. The normalized spacial score (nSPS) is 27.4. The molecular weight excluding hydrogens is 568 g/mol. The van der Waals surface area contributed by atoms with Gasteiger partial charge in [-0.15, -0.1) is 0 Å². The summed E-state index contributed by atoms with van der Waals surface area (Å²) < 4.78 is 17.8. The second kappa shape index (κ2) is 7.57. The number of halogens is 2. The molecule has 0 N–H and O–H groups in total. The Morgan fingerprint density at radius 2 is 1.24 bits per heavy atom. The van der Waals surface area contributed by atoms with Gasteiger partial charge < -0.3 is 14.2 Å². The van der Waals surface area contributed by atoms with Crippen molar-refractivity contribution in [2.45, 2.75) is 38.3 Å². The predicted molar refractivity (Wildman–Crippen MR) is 117 cm³/mol. The SMILES string of the molecule is CCOC(=O)C12N3COCN1C(=O)N1Cc4cc(Br)c(Br)cc4CN(C3=O)C12C(=O)OCC. The van der Waals surface area contributed by atoms with Crippen molar-refractivity contribution in [1.29, 1.82) is 0 Å². The van der Waals surface area contributed by atoms with Crippen LogP contribution in [0, 0.1) is 0 Å². The minimum absolute atomic E-state index is 0.00940. The van der Waals surface area contributed by atoms with Gasteiger partial charge in [-0.25, -0.2) is 19.2 Å². The van der Waals surface area contributed by atoms with Crippen LogP contribution in [-0.4, -0.2) is 81.6 Å². The molecule has 4 amide bonds. The van der Waals surface area contributed by atoms with Gasteiger partial charge in [0.2, 0.25) is 0 Å². The third-order valence-electron chi connectivity index (χ3n) is 6.43. The summed E-state index contributed by atoms with van der Waals surface area (Å²) in [6, 6.07) is 2.37. The monoisotopic (exact) mass is 586 g/mol. The highest BCUT2D eigenvalue weighted by atomic mass is 79.9. The first kappa shape index (κ1) is 22.4. The maximum Gasteiger partial charge on any atom is 0.359 e. The van der Waals surface area contributed by atoms with Crippen LogP contribution in [0.5, 0.6) is 0 Å². The summed E-state index contributed by atoms with van der Waals surface area (Å²) in [6.07, 6.45) is 0. The quantitative estimate of drug-likeness (QED) is 0.497. The molecule has 0 radical (unpaired) electrons. The van der Waals surface area contributed by atoms with Gasteiger partial charge in [-0.3, -0.25) is 19.6 Å². The van der Waals surface area contributed by atoms with E-state index in [4.69, 9.17) is 14.2 Å². The molecule has 3 saturated heterocycles. The molecule has 33 heavy (non-hydrogen) atoms. The average molecular weight is 588 g/mol. The lowest BCUT2D eigenvalue weighted by Gasteiger charge is -2.46. The van der Waals surface area contributed by atoms with Crippen molar-refractivity contribution in [2.24, 2.45) is 0 Å². The van der Waals surface area contributed by atoms with E-state index in [1.165, 1.54) is 9.80 Å². The molecule has 11 nitrogen and oxygen atoms in total. The number of nitrogens with zero attached hydrogens (tertiary/aromatic N) is 4. The third-order valence-corrected chi connectivity index (χ3v) is 8.28. The number of fused-ring (bicyclic) bond motifs is 1. The Balaban J connectivity index is 1.84. The maximum atomic E-state index is 13.8. The smallest absolute Gasteiger partial charge is 0.359 e. The van der Waals surface area contributed by atoms with Gasteiger partial charge in [0, 0.05) is 8.95 Å². The van der Waals surface area contributed by atoms with Crippen LogP contribution in [0.4, 0.5) is 9.59 Å². The molecule has 1 aromatic rings. The van der Waals surface area contributed by atoms with E-state index in [2.05, 4.69) is 31.9 Å². The molecule has 3 fully saturated rings. The van der Waals surface area contributed by atoms with Crippen molar-refractivity contribution in [3.05, 3.63) is 32.2 Å². The van der Waals surface area contributed by atoms with Crippen LogP contribution in [0.2, 0.25) is 0 Å². The van der Waals surface area contributed by atoms with Gasteiger partial charge >= 0.3 is 24.0 Å². The number of carbonyl (C=O) groups excluding carboxylic acids is 4. The van der Waals surface area contributed by atoms with E-state index in [1.54, 1.807) is 13.8 Å². The van der Waals surface area contributed by atoms with E-state index < -0.39 is 35.3 Å². The van der Waals surface area contributed by atoms with Gasteiger partial charge in [0.15, 0.2) is 0 Å². The number of urea groups is 2. The molecular formula is C20H20Br2N4O7. The highest BCUT2D eigenvalue weighted by Gasteiger charge is 2.88. The summed E-state index contributed by atoms with van der Waals surface area (Å²) >= 11 is 6.94. The molecule has 0 aromatic heterocycles.